The predicted molar refractivity (Wildman–Crippen MR) is 95.1 cm³/mol. The summed E-state index contributed by atoms with van der Waals surface area (Å²) in [5, 5.41) is 2.92. The van der Waals surface area contributed by atoms with Crippen molar-refractivity contribution in [2.45, 2.75) is 38.6 Å². The normalized spacial score (nSPS) is 18.3. The van der Waals surface area contributed by atoms with E-state index in [9.17, 15) is 9.59 Å². The highest BCUT2D eigenvalue weighted by Crippen LogP contribution is 2.27. The smallest absolute Gasteiger partial charge is 0.227 e. The highest BCUT2D eigenvalue weighted by Gasteiger charge is 2.35. The third kappa shape index (κ3) is 4.32. The topological polar surface area (TPSA) is 75.4 Å². The molecule has 0 spiro atoms. The number of halogens is 1. The highest BCUT2D eigenvalue weighted by molar-refractivity contribution is 9.10. The summed E-state index contributed by atoms with van der Waals surface area (Å²) in [7, 11) is 0. The Morgan fingerprint density at radius 1 is 1.43 bits per heavy atom. The van der Waals surface area contributed by atoms with Gasteiger partial charge in [0.1, 0.15) is 0 Å². The Labute approximate surface area is 145 Å². The maximum atomic E-state index is 12.4. The van der Waals surface area contributed by atoms with Gasteiger partial charge in [-0.2, -0.15) is 0 Å². The molecule has 0 saturated carbocycles. The molecule has 3 N–H and O–H groups in total. The number of hydrogen-bond acceptors (Lipinski definition) is 3. The number of benzene rings is 1. The molecule has 1 atom stereocenters. The maximum Gasteiger partial charge on any atom is 0.227 e. The first-order chi connectivity index (χ1) is 10.9. The first-order valence-corrected chi connectivity index (χ1v) is 8.80. The van der Waals surface area contributed by atoms with E-state index in [0.29, 0.717) is 13.1 Å². The van der Waals surface area contributed by atoms with Crippen molar-refractivity contribution in [1.29, 1.82) is 0 Å². The van der Waals surface area contributed by atoms with Crippen molar-refractivity contribution in [3.63, 3.8) is 0 Å². The van der Waals surface area contributed by atoms with Gasteiger partial charge in [-0.05, 0) is 31.0 Å². The molecule has 126 valence electrons. The Balaban J connectivity index is 1.98. The Bertz CT molecular complexity index is 587. The largest absolute Gasteiger partial charge is 0.354 e. The summed E-state index contributed by atoms with van der Waals surface area (Å²) in [4.78, 5) is 26.2. The highest BCUT2D eigenvalue weighted by atomic mass is 79.9. The molecule has 0 aromatic heterocycles. The fourth-order valence-corrected chi connectivity index (χ4v) is 3.07. The van der Waals surface area contributed by atoms with Crippen molar-refractivity contribution < 1.29 is 9.59 Å². The standard InChI is InChI=1S/C17H24BrN3O2/c1-3-17(19,4-2)11-20-16(23)12-8-15(22)21(10-12)14-7-5-6-13(18)9-14/h5-7,9,12H,3-4,8,10-11,19H2,1-2H3,(H,20,23). The van der Waals surface area contributed by atoms with E-state index in [0.717, 1.165) is 23.0 Å². The van der Waals surface area contributed by atoms with Gasteiger partial charge in [-0.3, -0.25) is 9.59 Å². The SMILES string of the molecule is CCC(N)(CC)CNC(=O)C1CC(=O)N(c2cccc(Br)c2)C1. The molecule has 1 aliphatic heterocycles. The second-order valence-electron chi connectivity index (χ2n) is 6.17. The van der Waals surface area contributed by atoms with Crippen molar-refractivity contribution >= 4 is 33.4 Å². The summed E-state index contributed by atoms with van der Waals surface area (Å²) in [5.41, 5.74) is 6.65. The summed E-state index contributed by atoms with van der Waals surface area (Å²) in [6.07, 6.45) is 1.85. The Hall–Kier alpha value is -1.40. The van der Waals surface area contributed by atoms with E-state index in [4.69, 9.17) is 5.73 Å². The first kappa shape index (κ1) is 17.9. The monoisotopic (exact) mass is 381 g/mol. The lowest BCUT2D eigenvalue weighted by Gasteiger charge is -2.27. The molecule has 0 bridgehead atoms. The number of amides is 2. The molecule has 1 aromatic rings. The van der Waals surface area contributed by atoms with Crippen LogP contribution in [0.3, 0.4) is 0 Å². The second-order valence-corrected chi connectivity index (χ2v) is 7.09. The van der Waals surface area contributed by atoms with Crippen LogP contribution in [-0.2, 0) is 9.59 Å². The van der Waals surface area contributed by atoms with E-state index in [1.165, 1.54) is 0 Å². The Morgan fingerprint density at radius 2 is 2.13 bits per heavy atom. The minimum atomic E-state index is -0.373. The van der Waals surface area contributed by atoms with E-state index in [2.05, 4.69) is 21.2 Å². The molecule has 1 aromatic carbocycles. The molecule has 1 saturated heterocycles. The number of hydrogen-bond donors (Lipinski definition) is 2. The zero-order chi connectivity index (χ0) is 17.0. The van der Waals surface area contributed by atoms with E-state index in [-0.39, 0.29) is 29.7 Å². The fraction of sp³-hybridized carbons (Fsp3) is 0.529. The third-order valence-electron chi connectivity index (χ3n) is 4.64. The van der Waals surface area contributed by atoms with Crippen LogP contribution in [0.25, 0.3) is 0 Å². The van der Waals surface area contributed by atoms with Crippen LogP contribution in [0.4, 0.5) is 5.69 Å². The van der Waals surface area contributed by atoms with Gasteiger partial charge in [-0.25, -0.2) is 0 Å². The number of nitrogens with zero attached hydrogens (tertiary/aromatic N) is 1. The van der Waals surface area contributed by atoms with Crippen molar-refractivity contribution in [1.82, 2.24) is 5.32 Å². The average molecular weight is 382 g/mol. The minimum absolute atomic E-state index is 0.0201. The number of carbonyl (C=O) groups is 2. The van der Waals surface area contributed by atoms with Crippen molar-refractivity contribution in [3.8, 4) is 0 Å². The summed E-state index contributed by atoms with van der Waals surface area (Å²) in [6.45, 7) is 4.89. The van der Waals surface area contributed by atoms with Crippen LogP contribution < -0.4 is 16.0 Å². The maximum absolute atomic E-state index is 12.4. The molecule has 2 rings (SSSR count). The van der Waals surface area contributed by atoms with Gasteiger partial charge in [-0.1, -0.05) is 35.8 Å². The number of rotatable bonds is 6. The molecule has 2 amide bonds. The van der Waals surface area contributed by atoms with Crippen LogP contribution in [0, 0.1) is 5.92 Å². The summed E-state index contributed by atoms with van der Waals surface area (Å²) in [6, 6.07) is 7.55. The lowest BCUT2D eigenvalue weighted by atomic mass is 9.94. The zero-order valence-electron chi connectivity index (χ0n) is 13.6. The summed E-state index contributed by atoms with van der Waals surface area (Å²) >= 11 is 3.40. The van der Waals surface area contributed by atoms with Gasteiger partial charge in [0.2, 0.25) is 11.8 Å². The number of anilines is 1. The van der Waals surface area contributed by atoms with Gasteiger partial charge in [0, 0.05) is 35.2 Å². The van der Waals surface area contributed by atoms with Crippen LogP contribution in [-0.4, -0.2) is 30.4 Å². The second kappa shape index (κ2) is 7.45. The van der Waals surface area contributed by atoms with E-state index >= 15 is 0 Å². The molecule has 1 fully saturated rings. The number of carbonyl (C=O) groups excluding carboxylic acids is 2. The van der Waals surface area contributed by atoms with Gasteiger partial charge < -0.3 is 16.0 Å². The molecule has 0 aliphatic carbocycles. The van der Waals surface area contributed by atoms with Gasteiger partial charge in [0.25, 0.3) is 0 Å². The van der Waals surface area contributed by atoms with Crippen molar-refractivity contribution in [2.24, 2.45) is 11.7 Å². The van der Waals surface area contributed by atoms with Crippen LogP contribution in [0.2, 0.25) is 0 Å². The van der Waals surface area contributed by atoms with Gasteiger partial charge in [0.05, 0.1) is 5.92 Å². The Kier molecular flexibility index (Phi) is 5.81. The number of nitrogens with two attached hydrogens (primary N) is 1. The van der Waals surface area contributed by atoms with E-state index < -0.39 is 0 Å². The van der Waals surface area contributed by atoms with Crippen LogP contribution in [0.15, 0.2) is 28.7 Å². The van der Waals surface area contributed by atoms with E-state index in [1.54, 1.807) is 4.90 Å². The molecule has 1 aliphatic rings. The van der Waals surface area contributed by atoms with Crippen molar-refractivity contribution in [2.75, 3.05) is 18.0 Å². The molecule has 0 radical (unpaired) electrons. The van der Waals surface area contributed by atoms with Crippen LogP contribution in [0.5, 0.6) is 0 Å². The molecule has 23 heavy (non-hydrogen) atoms. The van der Waals surface area contributed by atoms with E-state index in [1.807, 2.05) is 38.1 Å². The van der Waals surface area contributed by atoms with Crippen molar-refractivity contribution in [3.05, 3.63) is 28.7 Å². The zero-order valence-corrected chi connectivity index (χ0v) is 15.2. The summed E-state index contributed by atoms with van der Waals surface area (Å²) < 4.78 is 0.912. The summed E-state index contributed by atoms with van der Waals surface area (Å²) in [5.74, 6) is -0.430. The fourth-order valence-electron chi connectivity index (χ4n) is 2.68. The molecular formula is C17H24BrN3O2. The number of nitrogens with one attached hydrogen (secondary N) is 1. The average Bonchev–Trinajstić information content (AvgIpc) is 2.94. The minimum Gasteiger partial charge on any atom is -0.354 e. The lowest BCUT2D eigenvalue weighted by molar-refractivity contribution is -0.126. The quantitative estimate of drug-likeness (QED) is 0.794. The molecule has 1 unspecified atom stereocenters. The molecule has 1 heterocycles. The third-order valence-corrected chi connectivity index (χ3v) is 5.13. The molecular weight excluding hydrogens is 358 g/mol. The van der Waals surface area contributed by atoms with Crippen LogP contribution in [0.1, 0.15) is 33.1 Å². The first-order valence-electron chi connectivity index (χ1n) is 8.01. The predicted octanol–water partition coefficient (Wildman–Crippen LogP) is 2.44. The lowest BCUT2D eigenvalue weighted by Crippen LogP contribution is -2.50. The Morgan fingerprint density at radius 3 is 2.74 bits per heavy atom. The van der Waals surface area contributed by atoms with Gasteiger partial charge in [0.15, 0.2) is 0 Å². The molecule has 5 nitrogen and oxygen atoms in total. The molecule has 6 heteroatoms. The van der Waals surface area contributed by atoms with Gasteiger partial charge in [-0.15, -0.1) is 0 Å². The van der Waals surface area contributed by atoms with Crippen LogP contribution >= 0.6 is 15.9 Å². The van der Waals surface area contributed by atoms with Gasteiger partial charge >= 0.3 is 0 Å².